The Morgan fingerprint density at radius 3 is 1.14 bits per heavy atom. The largest absolute Gasteiger partial charge is 0.0617 e. The molecular formula is C28H26. The van der Waals surface area contributed by atoms with Gasteiger partial charge >= 0.3 is 0 Å². The molecule has 0 heterocycles. The van der Waals surface area contributed by atoms with Gasteiger partial charge in [0.2, 0.25) is 0 Å². The number of hydrogen-bond acceptors (Lipinski definition) is 0. The molecule has 0 aliphatic carbocycles. The van der Waals surface area contributed by atoms with Gasteiger partial charge in [0, 0.05) is 0 Å². The van der Waals surface area contributed by atoms with Gasteiger partial charge in [-0.05, 0) is 36.1 Å². The van der Waals surface area contributed by atoms with Crippen LogP contribution in [-0.4, -0.2) is 0 Å². The van der Waals surface area contributed by atoms with Gasteiger partial charge in [-0.2, -0.15) is 0 Å². The van der Waals surface area contributed by atoms with Gasteiger partial charge in [0.15, 0.2) is 0 Å². The number of benzene rings is 3. The van der Waals surface area contributed by atoms with Crippen LogP contribution in [0, 0.1) is 13.8 Å². The molecule has 0 bridgehead atoms. The molecule has 0 saturated heterocycles. The molecule has 0 aliphatic rings. The molecule has 0 amide bonds. The predicted octanol–water partition coefficient (Wildman–Crippen LogP) is 7.76. The van der Waals surface area contributed by atoms with Gasteiger partial charge in [0.25, 0.3) is 0 Å². The van der Waals surface area contributed by atoms with E-state index in [1.54, 1.807) is 0 Å². The zero-order chi connectivity index (χ0) is 19.6. The summed E-state index contributed by atoms with van der Waals surface area (Å²) >= 11 is 0. The molecule has 0 aromatic heterocycles. The van der Waals surface area contributed by atoms with E-state index in [-0.39, 0.29) is 0 Å². The minimum atomic E-state index is 1.20. The second-order valence-corrected chi connectivity index (χ2v) is 6.93. The molecule has 3 aromatic carbocycles. The van der Waals surface area contributed by atoms with Crippen LogP contribution >= 0.6 is 0 Å². The summed E-state index contributed by atoms with van der Waals surface area (Å²) in [7, 11) is 0. The van der Waals surface area contributed by atoms with Crippen LogP contribution < -0.4 is 0 Å². The van der Waals surface area contributed by atoms with Gasteiger partial charge < -0.3 is 0 Å². The highest BCUT2D eigenvalue weighted by Crippen LogP contribution is 2.10. The van der Waals surface area contributed by atoms with Crippen LogP contribution in [0.3, 0.4) is 0 Å². The van der Waals surface area contributed by atoms with Gasteiger partial charge in [-0.3, -0.25) is 0 Å². The highest BCUT2D eigenvalue weighted by Gasteiger charge is 1.89. The fourth-order valence-electron chi connectivity index (χ4n) is 2.93. The molecule has 0 heteroatoms. The summed E-state index contributed by atoms with van der Waals surface area (Å²) in [6.07, 6.45) is 16.8. The third kappa shape index (κ3) is 6.41. The molecular weight excluding hydrogens is 336 g/mol. The molecule has 0 unspecified atom stereocenters. The first-order valence-electron chi connectivity index (χ1n) is 9.62. The Kier molecular flexibility index (Phi) is 6.98. The van der Waals surface area contributed by atoms with Crippen LogP contribution in [0.25, 0.3) is 24.3 Å². The lowest BCUT2D eigenvalue weighted by molar-refractivity contribution is 1.46. The summed E-state index contributed by atoms with van der Waals surface area (Å²) in [6.45, 7) is 4.23. The standard InChI is InChI=1S/C28H26/c1-23-9-7-15-27(21-23)13-5-3-11-25-17-19-26(20-18-25)12-4-6-14-28-16-8-10-24(2)22-28/h3-22H,1-2H3. The van der Waals surface area contributed by atoms with E-state index in [4.69, 9.17) is 0 Å². The zero-order valence-corrected chi connectivity index (χ0v) is 16.5. The fraction of sp³-hybridized carbons (Fsp3) is 0.0714. The second kappa shape index (κ2) is 10.1. The third-order valence-electron chi connectivity index (χ3n) is 4.40. The van der Waals surface area contributed by atoms with E-state index in [1.807, 2.05) is 0 Å². The third-order valence-corrected chi connectivity index (χ3v) is 4.40. The maximum Gasteiger partial charge on any atom is -0.0254 e. The minimum absolute atomic E-state index is 1.20. The number of hydrogen-bond donors (Lipinski definition) is 0. The van der Waals surface area contributed by atoms with Gasteiger partial charge in [0.05, 0.1) is 0 Å². The number of aryl methyl sites for hydroxylation is 2. The molecule has 3 aromatic rings. The molecule has 0 N–H and O–H groups in total. The lowest BCUT2D eigenvalue weighted by Gasteiger charge is -1.96. The van der Waals surface area contributed by atoms with Crippen LogP contribution in [-0.2, 0) is 0 Å². The van der Waals surface area contributed by atoms with Crippen molar-refractivity contribution >= 4 is 24.3 Å². The van der Waals surface area contributed by atoms with Gasteiger partial charge in [0.1, 0.15) is 0 Å². The highest BCUT2D eigenvalue weighted by atomic mass is 13.9. The van der Waals surface area contributed by atoms with E-state index in [0.717, 1.165) is 0 Å². The summed E-state index contributed by atoms with van der Waals surface area (Å²) in [5.74, 6) is 0. The number of allylic oxidation sites excluding steroid dienone is 4. The van der Waals surface area contributed by atoms with Crippen molar-refractivity contribution < 1.29 is 0 Å². The first kappa shape index (κ1) is 19.4. The lowest BCUT2D eigenvalue weighted by Crippen LogP contribution is -1.75. The van der Waals surface area contributed by atoms with Gasteiger partial charge in [-0.25, -0.2) is 0 Å². The van der Waals surface area contributed by atoms with E-state index in [1.165, 1.54) is 33.4 Å². The van der Waals surface area contributed by atoms with Crippen molar-refractivity contribution in [3.05, 3.63) is 130 Å². The van der Waals surface area contributed by atoms with Gasteiger partial charge in [-0.1, -0.05) is 133 Å². The van der Waals surface area contributed by atoms with Crippen molar-refractivity contribution in [3.63, 3.8) is 0 Å². The Hall–Kier alpha value is -3.38. The second-order valence-electron chi connectivity index (χ2n) is 6.93. The van der Waals surface area contributed by atoms with Crippen LogP contribution in [0.1, 0.15) is 33.4 Å². The molecule has 0 atom stereocenters. The van der Waals surface area contributed by atoms with E-state index in [2.05, 4.69) is 135 Å². The van der Waals surface area contributed by atoms with Crippen LogP contribution in [0.5, 0.6) is 0 Å². The van der Waals surface area contributed by atoms with Crippen molar-refractivity contribution in [1.82, 2.24) is 0 Å². The smallest absolute Gasteiger partial charge is 0.0254 e. The Bertz CT molecular complexity index is 927. The molecule has 3 rings (SSSR count). The van der Waals surface area contributed by atoms with Crippen molar-refractivity contribution in [1.29, 1.82) is 0 Å². The fourth-order valence-corrected chi connectivity index (χ4v) is 2.93. The quantitative estimate of drug-likeness (QED) is 0.393. The van der Waals surface area contributed by atoms with E-state index >= 15 is 0 Å². The molecule has 138 valence electrons. The monoisotopic (exact) mass is 362 g/mol. The molecule has 28 heavy (non-hydrogen) atoms. The average Bonchev–Trinajstić information content (AvgIpc) is 2.70. The van der Waals surface area contributed by atoms with Crippen LogP contribution in [0.15, 0.2) is 97.1 Å². The van der Waals surface area contributed by atoms with Crippen LogP contribution in [0.4, 0.5) is 0 Å². The first-order chi connectivity index (χ1) is 13.7. The van der Waals surface area contributed by atoms with E-state index < -0.39 is 0 Å². The summed E-state index contributed by atoms with van der Waals surface area (Å²) in [5.41, 5.74) is 7.40. The Labute approximate surface area is 168 Å². The first-order valence-corrected chi connectivity index (χ1v) is 9.62. The Balaban J connectivity index is 1.54. The molecule has 0 saturated carbocycles. The molecule has 0 radical (unpaired) electrons. The maximum absolute atomic E-state index is 2.18. The van der Waals surface area contributed by atoms with Crippen molar-refractivity contribution in [2.45, 2.75) is 13.8 Å². The summed E-state index contributed by atoms with van der Waals surface area (Å²) in [5, 5.41) is 0. The van der Waals surface area contributed by atoms with Crippen molar-refractivity contribution in [3.8, 4) is 0 Å². The summed E-state index contributed by atoms with van der Waals surface area (Å²) < 4.78 is 0. The SMILES string of the molecule is Cc1cccc(C=CC=Cc2ccc(C=CC=Cc3cccc(C)c3)cc2)c1. The zero-order valence-electron chi connectivity index (χ0n) is 16.5. The van der Waals surface area contributed by atoms with Crippen LogP contribution in [0.2, 0.25) is 0 Å². The highest BCUT2D eigenvalue weighted by molar-refractivity contribution is 5.61. The van der Waals surface area contributed by atoms with Gasteiger partial charge in [-0.15, -0.1) is 0 Å². The van der Waals surface area contributed by atoms with E-state index in [0.29, 0.717) is 0 Å². The van der Waals surface area contributed by atoms with Crippen molar-refractivity contribution in [2.75, 3.05) is 0 Å². The normalized spacial score (nSPS) is 12.1. The lowest BCUT2D eigenvalue weighted by atomic mass is 10.1. The molecule has 0 spiro atoms. The Morgan fingerprint density at radius 1 is 0.429 bits per heavy atom. The van der Waals surface area contributed by atoms with Crippen molar-refractivity contribution in [2.24, 2.45) is 0 Å². The predicted molar refractivity (Wildman–Crippen MR) is 125 cm³/mol. The minimum Gasteiger partial charge on any atom is -0.0617 e. The molecule has 0 aliphatic heterocycles. The maximum atomic E-state index is 2.18. The Morgan fingerprint density at radius 2 is 0.786 bits per heavy atom. The topological polar surface area (TPSA) is 0 Å². The van der Waals surface area contributed by atoms with E-state index in [9.17, 15) is 0 Å². The molecule has 0 nitrogen and oxygen atoms in total. The summed E-state index contributed by atoms with van der Waals surface area (Å²) in [6, 6.07) is 25.5. The number of rotatable bonds is 6. The summed E-state index contributed by atoms with van der Waals surface area (Å²) in [4.78, 5) is 0. The average molecular weight is 363 g/mol. The molecule has 0 fully saturated rings.